The first kappa shape index (κ1) is 15.4. The molecule has 3 atom stereocenters. The Kier molecular flexibility index (Phi) is 4.42. The van der Waals surface area contributed by atoms with Gasteiger partial charge in [0.05, 0.1) is 11.5 Å². The first-order valence-electron chi connectivity index (χ1n) is 7.35. The van der Waals surface area contributed by atoms with Crippen LogP contribution in [-0.4, -0.2) is 5.11 Å². The second kappa shape index (κ2) is 5.76. The van der Waals surface area contributed by atoms with Crippen LogP contribution in [0.1, 0.15) is 51.5 Å². The van der Waals surface area contributed by atoms with E-state index in [9.17, 15) is 10.4 Å². The third-order valence-electron chi connectivity index (χ3n) is 4.97. The first-order valence-corrected chi connectivity index (χ1v) is 7.73. The van der Waals surface area contributed by atoms with Crippen molar-refractivity contribution in [3.63, 3.8) is 0 Å². The Labute approximate surface area is 126 Å². The molecule has 20 heavy (non-hydrogen) atoms. The summed E-state index contributed by atoms with van der Waals surface area (Å²) in [5, 5.41) is 21.5. The molecule has 1 aromatic rings. The Morgan fingerprint density at radius 1 is 1.50 bits per heavy atom. The molecule has 0 amide bonds. The zero-order valence-corrected chi connectivity index (χ0v) is 13.0. The molecule has 1 aromatic carbocycles. The molecule has 1 N–H and O–H groups in total. The Hall–Kier alpha value is -1.04. The average Bonchev–Trinajstić information content (AvgIpc) is 2.47. The molecule has 1 fully saturated rings. The largest absolute Gasteiger partial charge is 0.384 e. The molecule has 108 valence electrons. The van der Waals surface area contributed by atoms with Gasteiger partial charge in [0, 0.05) is 10.6 Å². The van der Waals surface area contributed by atoms with Crippen LogP contribution in [0.15, 0.2) is 24.3 Å². The maximum atomic E-state index is 11.1. The molecule has 1 aliphatic rings. The van der Waals surface area contributed by atoms with Crippen LogP contribution < -0.4 is 0 Å². The van der Waals surface area contributed by atoms with Gasteiger partial charge in [0.15, 0.2) is 0 Å². The summed E-state index contributed by atoms with van der Waals surface area (Å²) in [6.07, 6.45) is 4.68. The van der Waals surface area contributed by atoms with Crippen LogP contribution >= 0.6 is 11.6 Å². The summed E-state index contributed by atoms with van der Waals surface area (Å²) < 4.78 is 0. The van der Waals surface area contributed by atoms with E-state index in [2.05, 4.69) is 13.0 Å². The molecule has 0 radical (unpaired) electrons. The van der Waals surface area contributed by atoms with Crippen molar-refractivity contribution in [2.45, 2.75) is 51.6 Å². The van der Waals surface area contributed by atoms with Gasteiger partial charge in [0.2, 0.25) is 0 Å². The fraction of sp³-hybridized carbons (Fsp3) is 0.588. The van der Waals surface area contributed by atoms with Gasteiger partial charge in [-0.3, -0.25) is 0 Å². The van der Waals surface area contributed by atoms with Crippen LogP contribution in [0.4, 0.5) is 0 Å². The molecule has 0 spiro atoms. The molecule has 0 aliphatic heterocycles. The number of hydrogen-bond acceptors (Lipinski definition) is 2. The summed E-state index contributed by atoms with van der Waals surface area (Å²) >= 11 is 6.25. The highest BCUT2D eigenvalue weighted by molar-refractivity contribution is 6.31. The highest BCUT2D eigenvalue weighted by Gasteiger charge is 2.51. The summed E-state index contributed by atoms with van der Waals surface area (Å²) in [6.45, 7) is 3.90. The third kappa shape index (κ3) is 2.45. The highest BCUT2D eigenvalue weighted by atomic mass is 35.5. The fourth-order valence-corrected chi connectivity index (χ4v) is 3.82. The molecule has 1 aliphatic carbocycles. The number of nitrogens with zero attached hydrogens (tertiary/aromatic N) is 1. The number of aliphatic hydroxyl groups is 1. The second-order valence-corrected chi connectivity index (χ2v) is 6.52. The van der Waals surface area contributed by atoms with Gasteiger partial charge in [-0.1, -0.05) is 56.0 Å². The van der Waals surface area contributed by atoms with E-state index in [1.807, 2.05) is 18.2 Å². The second-order valence-electron chi connectivity index (χ2n) is 6.12. The van der Waals surface area contributed by atoms with Gasteiger partial charge in [-0.05, 0) is 31.7 Å². The van der Waals surface area contributed by atoms with Gasteiger partial charge in [-0.25, -0.2) is 0 Å². The van der Waals surface area contributed by atoms with E-state index in [1.54, 1.807) is 13.0 Å². The standard InChI is InChI=1S/C17H22ClNO/c1-3-13-7-6-10-17(11-13,12-19)16(2,20)14-8-4-5-9-15(14)18/h4-5,8-9,13,20H,3,6-7,10-11H2,1-2H3. The third-order valence-corrected chi connectivity index (χ3v) is 5.30. The molecule has 3 heteroatoms. The van der Waals surface area contributed by atoms with Crippen molar-refractivity contribution in [1.82, 2.24) is 0 Å². The van der Waals surface area contributed by atoms with E-state index < -0.39 is 11.0 Å². The SMILES string of the molecule is CCC1CCCC(C#N)(C(C)(O)c2ccccc2Cl)C1. The van der Waals surface area contributed by atoms with E-state index in [0.29, 0.717) is 16.5 Å². The van der Waals surface area contributed by atoms with E-state index in [0.717, 1.165) is 32.1 Å². The Morgan fingerprint density at radius 3 is 2.80 bits per heavy atom. The lowest BCUT2D eigenvalue weighted by atomic mass is 9.59. The molecule has 0 aromatic heterocycles. The number of nitriles is 1. The minimum absolute atomic E-state index is 0.511. The van der Waals surface area contributed by atoms with Crippen LogP contribution in [0, 0.1) is 22.7 Å². The van der Waals surface area contributed by atoms with Crippen LogP contribution in [0.3, 0.4) is 0 Å². The van der Waals surface area contributed by atoms with Gasteiger partial charge in [-0.2, -0.15) is 5.26 Å². The predicted molar refractivity (Wildman–Crippen MR) is 81.3 cm³/mol. The van der Waals surface area contributed by atoms with Crippen molar-refractivity contribution >= 4 is 11.6 Å². The van der Waals surface area contributed by atoms with Gasteiger partial charge in [0.25, 0.3) is 0 Å². The van der Waals surface area contributed by atoms with Crippen molar-refractivity contribution in [3.05, 3.63) is 34.9 Å². The van der Waals surface area contributed by atoms with Crippen molar-refractivity contribution in [3.8, 4) is 6.07 Å². The highest BCUT2D eigenvalue weighted by Crippen LogP contribution is 2.52. The van der Waals surface area contributed by atoms with Crippen molar-refractivity contribution in [2.24, 2.45) is 11.3 Å². The quantitative estimate of drug-likeness (QED) is 0.880. The zero-order chi connectivity index (χ0) is 14.8. The normalized spacial score (nSPS) is 29.4. The molecule has 3 unspecified atom stereocenters. The summed E-state index contributed by atoms with van der Waals surface area (Å²) in [5.74, 6) is 0.511. The summed E-state index contributed by atoms with van der Waals surface area (Å²) in [7, 11) is 0. The van der Waals surface area contributed by atoms with Crippen LogP contribution in [0.2, 0.25) is 5.02 Å². The first-order chi connectivity index (χ1) is 9.47. The van der Waals surface area contributed by atoms with E-state index in [-0.39, 0.29) is 0 Å². The Balaban J connectivity index is 2.45. The van der Waals surface area contributed by atoms with Gasteiger partial charge in [0.1, 0.15) is 5.60 Å². The molecule has 1 saturated carbocycles. The van der Waals surface area contributed by atoms with Gasteiger partial charge < -0.3 is 5.11 Å². The van der Waals surface area contributed by atoms with Gasteiger partial charge in [-0.15, -0.1) is 0 Å². The van der Waals surface area contributed by atoms with Gasteiger partial charge >= 0.3 is 0 Å². The molecule has 0 saturated heterocycles. The summed E-state index contributed by atoms with van der Waals surface area (Å²) in [4.78, 5) is 0. The van der Waals surface area contributed by atoms with Crippen LogP contribution in [-0.2, 0) is 5.60 Å². The lowest BCUT2D eigenvalue weighted by Gasteiger charge is -2.45. The number of rotatable bonds is 3. The van der Waals surface area contributed by atoms with E-state index in [1.165, 1.54) is 0 Å². The topological polar surface area (TPSA) is 44.0 Å². The zero-order valence-electron chi connectivity index (χ0n) is 12.2. The fourth-order valence-electron chi connectivity index (χ4n) is 3.50. The minimum atomic E-state index is -1.21. The Bertz CT molecular complexity index is 520. The maximum Gasteiger partial charge on any atom is 0.107 e. The van der Waals surface area contributed by atoms with Crippen LogP contribution in [0.25, 0.3) is 0 Å². The van der Waals surface area contributed by atoms with Crippen molar-refractivity contribution in [2.75, 3.05) is 0 Å². The van der Waals surface area contributed by atoms with E-state index >= 15 is 0 Å². The van der Waals surface area contributed by atoms with E-state index in [4.69, 9.17) is 11.6 Å². The lowest BCUT2D eigenvalue weighted by Crippen LogP contribution is -2.46. The Morgan fingerprint density at radius 2 is 2.20 bits per heavy atom. The predicted octanol–water partition coefficient (Wildman–Crippen LogP) is 4.66. The smallest absolute Gasteiger partial charge is 0.107 e. The lowest BCUT2D eigenvalue weighted by molar-refractivity contribution is -0.0737. The molecular weight excluding hydrogens is 270 g/mol. The maximum absolute atomic E-state index is 11.1. The summed E-state index contributed by atoms with van der Waals surface area (Å²) in [5.41, 5.74) is -1.29. The van der Waals surface area contributed by atoms with Crippen molar-refractivity contribution < 1.29 is 5.11 Å². The minimum Gasteiger partial charge on any atom is -0.384 e. The number of hydrogen-bond donors (Lipinski definition) is 1. The summed E-state index contributed by atoms with van der Waals surface area (Å²) in [6, 6.07) is 9.75. The molecular formula is C17H22ClNO. The van der Waals surface area contributed by atoms with Crippen LogP contribution in [0.5, 0.6) is 0 Å². The molecule has 0 bridgehead atoms. The average molecular weight is 292 g/mol. The van der Waals surface area contributed by atoms with Crippen molar-refractivity contribution in [1.29, 1.82) is 5.26 Å². The molecule has 2 rings (SSSR count). The number of benzene rings is 1. The molecule has 2 nitrogen and oxygen atoms in total. The number of halogens is 1. The monoisotopic (exact) mass is 291 g/mol. The molecule has 0 heterocycles.